The Kier molecular flexibility index (Phi) is 17.2. The third-order valence-electron chi connectivity index (χ3n) is 6.64. The van der Waals surface area contributed by atoms with E-state index in [1.165, 1.54) is 57.9 Å². The topological polar surface area (TPSA) is 70.1 Å². The largest absolute Gasteiger partial charge is 0.466 e. The third-order valence-corrected chi connectivity index (χ3v) is 6.64. The number of nitrogens with zero attached hydrogens (tertiary/aromatic N) is 2. The van der Waals surface area contributed by atoms with Crippen molar-refractivity contribution in [2.24, 2.45) is 5.92 Å². The second-order valence-corrected chi connectivity index (χ2v) is 9.50. The number of ether oxygens (including phenoxy) is 1. The molecule has 6 heteroatoms. The van der Waals surface area contributed by atoms with Gasteiger partial charge < -0.3 is 19.6 Å². The molecule has 0 aromatic heterocycles. The summed E-state index contributed by atoms with van der Waals surface area (Å²) in [5, 5.41) is 9.14. The molecule has 0 unspecified atom stereocenters. The lowest BCUT2D eigenvalue weighted by molar-refractivity contribution is -0.143. The lowest BCUT2D eigenvalue weighted by Gasteiger charge is -2.31. The molecule has 1 saturated heterocycles. The highest BCUT2D eigenvalue weighted by atomic mass is 16.5. The first-order valence-corrected chi connectivity index (χ1v) is 13.4. The van der Waals surface area contributed by atoms with Crippen LogP contribution in [0.5, 0.6) is 0 Å². The quantitative estimate of drug-likeness (QED) is 0.182. The van der Waals surface area contributed by atoms with E-state index in [-0.39, 0.29) is 5.97 Å². The lowest BCUT2D eigenvalue weighted by atomic mass is 9.93. The fourth-order valence-corrected chi connectivity index (χ4v) is 4.48. The summed E-state index contributed by atoms with van der Waals surface area (Å²) in [4.78, 5) is 26.9. The summed E-state index contributed by atoms with van der Waals surface area (Å²) in [5.41, 5.74) is 0. The number of rotatable bonds is 19. The Hall–Kier alpha value is -1.30. The highest BCUT2D eigenvalue weighted by Crippen LogP contribution is 2.21. The zero-order valence-corrected chi connectivity index (χ0v) is 21.0. The smallest absolute Gasteiger partial charge is 0.407 e. The predicted octanol–water partition coefficient (Wildman–Crippen LogP) is 6.33. The van der Waals surface area contributed by atoms with Gasteiger partial charge >= 0.3 is 12.1 Å². The summed E-state index contributed by atoms with van der Waals surface area (Å²) in [6, 6.07) is 0. The molecule has 1 aliphatic heterocycles. The van der Waals surface area contributed by atoms with Gasteiger partial charge in [-0.25, -0.2) is 4.79 Å². The average Bonchev–Trinajstić information content (AvgIpc) is 2.80. The highest BCUT2D eigenvalue weighted by Gasteiger charge is 2.22. The van der Waals surface area contributed by atoms with Gasteiger partial charge in [-0.2, -0.15) is 0 Å². The summed E-state index contributed by atoms with van der Waals surface area (Å²) in [6.07, 6.45) is 16.3. The van der Waals surface area contributed by atoms with Gasteiger partial charge in [0.25, 0.3) is 0 Å². The summed E-state index contributed by atoms with van der Waals surface area (Å²) in [7, 11) is 0. The standard InChI is InChI=1S/C26H50N2O4/c1-3-5-6-7-8-9-12-18-27(19-13-10-11-14-25(29)32-23-4-2)20-15-24-16-21-28(22-17-24)26(30)31/h24H,3-23H2,1-2H3,(H,30,31). The SMILES string of the molecule is CCCCCCCCCN(CCCCCC(=O)OCCC)CCC1CCN(C(=O)O)CC1. The first kappa shape index (κ1) is 28.7. The molecular formula is C26H50N2O4. The summed E-state index contributed by atoms with van der Waals surface area (Å²) in [5.74, 6) is 0.593. The number of hydrogen-bond donors (Lipinski definition) is 1. The number of unbranched alkanes of at least 4 members (excludes halogenated alkanes) is 8. The van der Waals surface area contributed by atoms with Gasteiger partial charge in [0.05, 0.1) is 6.61 Å². The molecule has 1 amide bonds. The summed E-state index contributed by atoms with van der Waals surface area (Å²) in [6.45, 7) is 9.58. The van der Waals surface area contributed by atoms with E-state index in [0.717, 1.165) is 51.6 Å². The molecule has 0 bridgehead atoms. The molecule has 1 heterocycles. The lowest BCUT2D eigenvalue weighted by Crippen LogP contribution is -2.38. The van der Waals surface area contributed by atoms with Crippen molar-refractivity contribution in [3.63, 3.8) is 0 Å². The van der Waals surface area contributed by atoms with Crippen molar-refractivity contribution >= 4 is 12.1 Å². The maximum Gasteiger partial charge on any atom is 0.407 e. The number of carbonyl (C=O) groups is 2. The monoisotopic (exact) mass is 454 g/mol. The van der Waals surface area contributed by atoms with Crippen LogP contribution in [0.3, 0.4) is 0 Å². The number of carboxylic acid groups (broad SMARTS) is 1. The first-order chi connectivity index (χ1) is 15.6. The highest BCUT2D eigenvalue weighted by molar-refractivity contribution is 5.69. The van der Waals surface area contributed by atoms with E-state index in [0.29, 0.717) is 32.0 Å². The fraction of sp³-hybridized carbons (Fsp3) is 0.923. The molecule has 32 heavy (non-hydrogen) atoms. The Bertz CT molecular complexity index is 478. The van der Waals surface area contributed by atoms with Gasteiger partial charge in [-0.1, -0.05) is 58.8 Å². The molecule has 1 rings (SSSR count). The molecule has 0 spiro atoms. The van der Waals surface area contributed by atoms with E-state index in [1.807, 2.05) is 6.92 Å². The Morgan fingerprint density at radius 3 is 2.03 bits per heavy atom. The molecule has 0 radical (unpaired) electrons. The van der Waals surface area contributed by atoms with Gasteiger partial charge in [0.1, 0.15) is 0 Å². The van der Waals surface area contributed by atoms with Crippen LogP contribution in [0.25, 0.3) is 0 Å². The number of hydrogen-bond acceptors (Lipinski definition) is 4. The van der Waals surface area contributed by atoms with Crippen LogP contribution < -0.4 is 0 Å². The molecule has 0 aliphatic carbocycles. The van der Waals surface area contributed by atoms with E-state index in [9.17, 15) is 9.59 Å². The van der Waals surface area contributed by atoms with Gasteiger partial charge in [0.2, 0.25) is 0 Å². The zero-order chi connectivity index (χ0) is 23.4. The number of carbonyl (C=O) groups excluding carboxylic acids is 1. The maximum atomic E-state index is 11.6. The maximum absolute atomic E-state index is 11.6. The predicted molar refractivity (Wildman–Crippen MR) is 131 cm³/mol. The second-order valence-electron chi connectivity index (χ2n) is 9.50. The molecule has 1 N–H and O–H groups in total. The van der Waals surface area contributed by atoms with Crippen molar-refractivity contribution in [2.45, 2.75) is 110 Å². The van der Waals surface area contributed by atoms with Crippen LogP contribution in [0, 0.1) is 5.92 Å². The van der Waals surface area contributed by atoms with Crippen molar-refractivity contribution in [2.75, 3.05) is 39.3 Å². The Labute approximate surface area is 197 Å². The van der Waals surface area contributed by atoms with Crippen molar-refractivity contribution in [3.05, 3.63) is 0 Å². The number of esters is 1. The first-order valence-electron chi connectivity index (χ1n) is 13.4. The van der Waals surface area contributed by atoms with Gasteiger partial charge in [-0.15, -0.1) is 0 Å². The molecule has 0 aromatic rings. The second kappa shape index (κ2) is 19.2. The van der Waals surface area contributed by atoms with E-state index in [2.05, 4.69) is 11.8 Å². The number of amides is 1. The third kappa shape index (κ3) is 14.7. The Morgan fingerprint density at radius 1 is 0.844 bits per heavy atom. The van der Waals surface area contributed by atoms with Crippen LogP contribution in [-0.4, -0.2) is 66.3 Å². The molecule has 6 nitrogen and oxygen atoms in total. The minimum atomic E-state index is -0.775. The van der Waals surface area contributed by atoms with Gasteiger partial charge in [-0.05, 0) is 70.5 Å². The molecule has 1 aliphatic rings. The van der Waals surface area contributed by atoms with E-state index in [1.54, 1.807) is 4.90 Å². The van der Waals surface area contributed by atoms with Gasteiger partial charge in [0.15, 0.2) is 0 Å². The minimum Gasteiger partial charge on any atom is -0.466 e. The Balaban J connectivity index is 2.27. The van der Waals surface area contributed by atoms with Crippen molar-refractivity contribution in [3.8, 4) is 0 Å². The summed E-state index contributed by atoms with van der Waals surface area (Å²) >= 11 is 0. The van der Waals surface area contributed by atoms with E-state index >= 15 is 0 Å². The Morgan fingerprint density at radius 2 is 1.44 bits per heavy atom. The molecule has 0 atom stereocenters. The number of likely N-dealkylation sites (tertiary alicyclic amines) is 1. The summed E-state index contributed by atoms with van der Waals surface area (Å²) < 4.78 is 5.16. The van der Waals surface area contributed by atoms with E-state index < -0.39 is 6.09 Å². The van der Waals surface area contributed by atoms with Crippen LogP contribution in [-0.2, 0) is 9.53 Å². The molecule has 1 fully saturated rings. The van der Waals surface area contributed by atoms with Crippen LogP contribution in [0.15, 0.2) is 0 Å². The van der Waals surface area contributed by atoms with Gasteiger partial charge in [-0.3, -0.25) is 4.79 Å². The van der Waals surface area contributed by atoms with Crippen LogP contribution >= 0.6 is 0 Å². The van der Waals surface area contributed by atoms with Crippen molar-refractivity contribution in [1.82, 2.24) is 9.80 Å². The fourth-order valence-electron chi connectivity index (χ4n) is 4.48. The molecular weight excluding hydrogens is 404 g/mol. The van der Waals surface area contributed by atoms with Crippen molar-refractivity contribution in [1.29, 1.82) is 0 Å². The molecule has 0 aromatic carbocycles. The minimum absolute atomic E-state index is 0.0560. The zero-order valence-electron chi connectivity index (χ0n) is 21.0. The normalized spacial score (nSPS) is 14.8. The van der Waals surface area contributed by atoms with Crippen molar-refractivity contribution < 1.29 is 19.4 Å². The number of piperidine rings is 1. The molecule has 0 saturated carbocycles. The van der Waals surface area contributed by atoms with Gasteiger partial charge in [0, 0.05) is 19.5 Å². The van der Waals surface area contributed by atoms with E-state index in [4.69, 9.17) is 9.84 Å². The average molecular weight is 455 g/mol. The van der Waals surface area contributed by atoms with Crippen LogP contribution in [0.2, 0.25) is 0 Å². The van der Waals surface area contributed by atoms with Crippen LogP contribution in [0.4, 0.5) is 4.79 Å². The molecule has 188 valence electrons. The van der Waals surface area contributed by atoms with Crippen LogP contribution in [0.1, 0.15) is 110 Å².